The predicted molar refractivity (Wildman–Crippen MR) is 230 cm³/mol. The fourth-order valence-electron chi connectivity index (χ4n) is 8.14. The molecule has 27 heteroatoms. The van der Waals surface area contributed by atoms with Gasteiger partial charge in [0.25, 0.3) is 0 Å². The van der Waals surface area contributed by atoms with Gasteiger partial charge in [0.15, 0.2) is 25.2 Å². The number of ether oxygens (including phenoxy) is 8. The van der Waals surface area contributed by atoms with Crippen molar-refractivity contribution in [3.8, 4) is 0 Å². The van der Waals surface area contributed by atoms with Crippen LogP contribution in [-0.4, -0.2) is 258 Å². The van der Waals surface area contributed by atoms with Crippen molar-refractivity contribution in [1.82, 2.24) is 10.6 Å². The molecule has 406 valence electrons. The zero-order valence-electron chi connectivity index (χ0n) is 39.2. The van der Waals surface area contributed by atoms with Gasteiger partial charge in [-0.2, -0.15) is 0 Å². The minimum Gasteiger partial charge on any atom is -0.394 e. The van der Waals surface area contributed by atoms with E-state index in [0.29, 0.717) is 32.1 Å². The third kappa shape index (κ3) is 16.7. The summed E-state index contributed by atoms with van der Waals surface area (Å²) in [5.41, 5.74) is 0. The molecule has 0 spiro atoms. The summed E-state index contributed by atoms with van der Waals surface area (Å²) in [4.78, 5) is 51.4. The zero-order valence-corrected chi connectivity index (χ0v) is 39.2. The fraction of sp³-hybridized carbons (Fsp3) is 0.907. The molecule has 4 fully saturated rings. The average Bonchev–Trinajstić information content (AvgIpc) is 3.33. The average molecular weight is 1020 g/mol. The van der Waals surface area contributed by atoms with Crippen molar-refractivity contribution in [3.63, 3.8) is 0 Å². The Hall–Kier alpha value is -2.56. The van der Waals surface area contributed by atoms with Crippen LogP contribution >= 0.6 is 0 Å². The Bertz CT molecular complexity index is 1600. The minimum absolute atomic E-state index is 0.0204. The van der Waals surface area contributed by atoms with E-state index in [0.717, 1.165) is 0 Å². The highest BCUT2D eigenvalue weighted by atomic mass is 16.8. The van der Waals surface area contributed by atoms with Crippen LogP contribution < -0.4 is 10.6 Å². The van der Waals surface area contributed by atoms with E-state index < -0.39 is 167 Å². The first-order valence-electron chi connectivity index (χ1n) is 23.7. The van der Waals surface area contributed by atoms with Crippen molar-refractivity contribution < 1.29 is 123 Å². The molecule has 2 amide bonds. The molecule has 15 N–H and O–H groups in total. The number of carbonyl (C=O) groups is 4. The van der Waals surface area contributed by atoms with E-state index in [1.807, 2.05) is 6.92 Å². The van der Waals surface area contributed by atoms with E-state index in [-0.39, 0.29) is 56.8 Å². The largest absolute Gasteiger partial charge is 0.394 e. The highest BCUT2D eigenvalue weighted by molar-refractivity contribution is 5.88. The van der Waals surface area contributed by atoms with Crippen LogP contribution in [0.25, 0.3) is 0 Å². The lowest BCUT2D eigenvalue weighted by atomic mass is 9.96. The maximum atomic E-state index is 13.5. The second-order valence-corrected chi connectivity index (χ2v) is 17.9. The van der Waals surface area contributed by atoms with Crippen LogP contribution in [0.1, 0.15) is 78.1 Å². The van der Waals surface area contributed by atoms with E-state index in [9.17, 15) is 85.6 Å². The third-order valence-electron chi connectivity index (χ3n) is 12.4. The summed E-state index contributed by atoms with van der Waals surface area (Å²) in [6.45, 7) is 0.233. The first-order chi connectivity index (χ1) is 33.2. The van der Waals surface area contributed by atoms with Crippen molar-refractivity contribution >= 4 is 23.4 Å². The van der Waals surface area contributed by atoms with Gasteiger partial charge in [-0.3, -0.25) is 19.2 Å². The number of nitrogens with one attached hydrogen (secondary N) is 2. The number of aliphatic hydroxyl groups excluding tert-OH is 13. The van der Waals surface area contributed by atoms with Gasteiger partial charge in [0.05, 0.1) is 39.1 Å². The van der Waals surface area contributed by atoms with Crippen LogP contribution in [0, 0.1) is 0 Å². The molecule has 4 rings (SSSR count). The van der Waals surface area contributed by atoms with Crippen LogP contribution in [0.4, 0.5) is 0 Å². The molecule has 21 atom stereocenters. The monoisotopic (exact) mass is 1020 g/mol. The quantitative estimate of drug-likeness (QED) is 0.0324. The van der Waals surface area contributed by atoms with Crippen LogP contribution in [-0.2, 0) is 57.1 Å². The number of ketones is 2. The summed E-state index contributed by atoms with van der Waals surface area (Å²) in [5, 5.41) is 139. The first kappa shape index (κ1) is 60.0. The number of Topliss-reactive ketones (excluding diaryl/α,β-unsaturated/α-hetero) is 2. The van der Waals surface area contributed by atoms with Gasteiger partial charge in [-0.15, -0.1) is 0 Å². The number of unbranched alkanes of at least 4 members (excludes halogenated alkanes) is 1. The van der Waals surface area contributed by atoms with Crippen molar-refractivity contribution in [2.45, 2.75) is 207 Å². The summed E-state index contributed by atoms with van der Waals surface area (Å²) in [6, 6.07) is -1.23. The molecular formula is C43H74N2O25. The lowest BCUT2D eigenvalue weighted by Crippen LogP contribution is -2.65. The molecule has 0 aliphatic carbocycles. The van der Waals surface area contributed by atoms with Gasteiger partial charge in [0, 0.05) is 38.6 Å². The van der Waals surface area contributed by atoms with Gasteiger partial charge >= 0.3 is 0 Å². The highest BCUT2D eigenvalue weighted by Gasteiger charge is 2.52. The molecule has 4 heterocycles. The molecule has 27 nitrogen and oxygen atoms in total. The van der Waals surface area contributed by atoms with Crippen molar-refractivity contribution in [2.24, 2.45) is 0 Å². The molecule has 70 heavy (non-hydrogen) atoms. The number of hydrogen-bond acceptors (Lipinski definition) is 25. The molecule has 4 saturated heterocycles. The third-order valence-corrected chi connectivity index (χ3v) is 12.4. The lowest BCUT2D eigenvalue weighted by molar-refractivity contribution is -0.366. The summed E-state index contributed by atoms with van der Waals surface area (Å²) < 4.78 is 44.4. The van der Waals surface area contributed by atoms with Gasteiger partial charge < -0.3 is 115 Å². The Morgan fingerprint density at radius 2 is 1.04 bits per heavy atom. The molecule has 4 aliphatic heterocycles. The Kier molecular flexibility index (Phi) is 25.2. The fourth-order valence-corrected chi connectivity index (χ4v) is 8.14. The second kappa shape index (κ2) is 29.4. The van der Waals surface area contributed by atoms with Crippen LogP contribution in [0.15, 0.2) is 0 Å². The smallest absolute Gasteiger partial charge is 0.242 e. The number of aliphatic hydroxyl groups is 13. The van der Waals surface area contributed by atoms with E-state index in [1.54, 1.807) is 0 Å². The van der Waals surface area contributed by atoms with Crippen LogP contribution in [0.2, 0.25) is 0 Å². The Morgan fingerprint density at radius 1 is 0.529 bits per heavy atom. The first-order valence-corrected chi connectivity index (χ1v) is 23.7. The topological polar surface area (TPSA) is 429 Å². The highest BCUT2D eigenvalue weighted by Crippen LogP contribution is 2.31. The minimum atomic E-state index is -1.97. The zero-order chi connectivity index (χ0) is 51.8. The Labute approximate surface area is 403 Å². The maximum absolute atomic E-state index is 13.5. The summed E-state index contributed by atoms with van der Waals surface area (Å²) in [5.74, 6) is -1.50. The van der Waals surface area contributed by atoms with E-state index >= 15 is 0 Å². The molecule has 0 bridgehead atoms. The van der Waals surface area contributed by atoms with Gasteiger partial charge in [-0.25, -0.2) is 0 Å². The predicted octanol–water partition coefficient (Wildman–Crippen LogP) is -7.04. The molecule has 0 aromatic carbocycles. The van der Waals surface area contributed by atoms with E-state index in [1.165, 1.54) is 6.92 Å². The van der Waals surface area contributed by atoms with Crippen molar-refractivity contribution in [2.75, 3.05) is 39.6 Å². The van der Waals surface area contributed by atoms with E-state index in [2.05, 4.69) is 10.6 Å². The molecule has 0 radical (unpaired) electrons. The van der Waals surface area contributed by atoms with Crippen molar-refractivity contribution in [1.29, 1.82) is 0 Å². The second-order valence-electron chi connectivity index (χ2n) is 17.9. The normalized spacial score (nSPS) is 38.4. The number of carbonyl (C=O) groups excluding carboxylic acids is 4. The summed E-state index contributed by atoms with van der Waals surface area (Å²) >= 11 is 0. The molecule has 0 aromatic heterocycles. The Morgan fingerprint density at radius 3 is 1.67 bits per heavy atom. The van der Waals surface area contributed by atoms with Crippen LogP contribution in [0.3, 0.4) is 0 Å². The SMILES string of the molecule is CCCC(=O)CCCCC(=O)N[C@@H](CCC(=O)CCCO[C@@H]1O[C@@H](C)[C@@H](O)[C@@H](O)[C@@H]1O)C(=O)NCCO[C@H]1O[C@H](CO[C@H]2O[C@H](CO)[C@@H](O)[C@H](O)[C@@H]2O)[C@@H](O)[C@H](OC2O[C@H](CO)[C@@H](O)[C@H](O)[C@@H]2O)[C@@H]1O. The van der Waals surface area contributed by atoms with Crippen LogP contribution in [0.5, 0.6) is 0 Å². The maximum Gasteiger partial charge on any atom is 0.242 e. The standard InChI is InChI=1S/C43H74N2O25/c1-3-7-20(48)8-4-5-10-26(50)45-22(12-11-21(49)9-6-14-63-40-34(58)31(55)27(51)19(2)66-40)39(62)44-13-15-64-42-37(61)38(70-43-36(60)33(57)29(53)24(17-47)68-43)30(54)25(69-42)18-65-41-35(59)32(56)28(52)23(16-46)67-41/h19,22-25,27-38,40-43,46-47,51-61H,3-18H2,1-2H3,(H,44,62)(H,45,50)/t19-,22-,23+,24+,25+,27+,28+,29+,30+,31+,32-,33-,34-,35-,36-,37-,38-,40+,41-,42-,43?/m0/s1. The van der Waals surface area contributed by atoms with Gasteiger partial charge in [-0.1, -0.05) is 6.92 Å². The van der Waals surface area contributed by atoms with E-state index in [4.69, 9.17) is 37.9 Å². The number of hydrogen-bond donors (Lipinski definition) is 15. The summed E-state index contributed by atoms with van der Waals surface area (Å²) in [7, 11) is 0. The molecule has 1 unspecified atom stereocenters. The Balaban J connectivity index is 1.38. The molecule has 4 aliphatic rings. The summed E-state index contributed by atoms with van der Waals surface area (Å²) in [6.07, 6.45) is -30.8. The molecular weight excluding hydrogens is 944 g/mol. The molecule has 0 aromatic rings. The number of rotatable bonds is 28. The van der Waals surface area contributed by atoms with Gasteiger partial charge in [-0.05, 0) is 39.0 Å². The lowest BCUT2D eigenvalue weighted by Gasteiger charge is -2.46. The number of amides is 2. The van der Waals surface area contributed by atoms with Gasteiger partial charge in [0.1, 0.15) is 109 Å². The van der Waals surface area contributed by atoms with Crippen molar-refractivity contribution in [3.05, 3.63) is 0 Å². The van der Waals surface area contributed by atoms with Gasteiger partial charge in [0.2, 0.25) is 11.8 Å². The molecule has 0 saturated carbocycles.